The molecule has 0 saturated carbocycles. The zero-order valence-corrected chi connectivity index (χ0v) is 14.4. The molecule has 3 rings (SSSR count). The molecule has 1 aromatic carbocycles. The van der Waals surface area contributed by atoms with Crippen LogP contribution >= 0.6 is 0 Å². The molecule has 2 saturated heterocycles. The first kappa shape index (κ1) is 16.6. The van der Waals surface area contributed by atoms with E-state index in [0.29, 0.717) is 0 Å². The Balaban J connectivity index is 1.55. The Morgan fingerprint density at radius 1 is 1.04 bits per heavy atom. The van der Waals surface area contributed by atoms with Crippen LogP contribution in [0.15, 0.2) is 18.2 Å². The van der Waals surface area contributed by atoms with Crippen LogP contribution in [0.3, 0.4) is 0 Å². The molecule has 2 aliphatic heterocycles. The van der Waals surface area contributed by atoms with Crippen molar-refractivity contribution < 1.29 is 9.47 Å². The number of hydrogen-bond donors (Lipinski definition) is 0. The summed E-state index contributed by atoms with van der Waals surface area (Å²) in [6.45, 7) is 7.43. The first-order valence-electron chi connectivity index (χ1n) is 9.09. The average Bonchev–Trinajstić information content (AvgIpc) is 2.63. The van der Waals surface area contributed by atoms with Crippen LogP contribution in [0.2, 0.25) is 0 Å². The molecule has 1 aromatic rings. The molecule has 0 spiro atoms. The number of methoxy groups -OCH3 is 1. The number of morpholine rings is 1. The summed E-state index contributed by atoms with van der Waals surface area (Å²) in [4.78, 5) is 4.99. The van der Waals surface area contributed by atoms with Crippen LogP contribution in [0.4, 0.5) is 5.69 Å². The maximum Gasteiger partial charge on any atom is 0.124 e. The summed E-state index contributed by atoms with van der Waals surface area (Å²) < 4.78 is 11.1. The van der Waals surface area contributed by atoms with Crippen molar-refractivity contribution in [2.75, 3.05) is 57.9 Å². The molecule has 2 fully saturated rings. The summed E-state index contributed by atoms with van der Waals surface area (Å²) in [6, 6.07) is 6.77. The molecular weight excluding hydrogens is 288 g/mol. The van der Waals surface area contributed by atoms with Crippen LogP contribution in [-0.2, 0) is 11.2 Å². The molecule has 0 atom stereocenters. The molecule has 0 aromatic heterocycles. The van der Waals surface area contributed by atoms with Gasteiger partial charge in [0.05, 0.1) is 20.3 Å². The van der Waals surface area contributed by atoms with Gasteiger partial charge >= 0.3 is 0 Å². The lowest BCUT2D eigenvalue weighted by Gasteiger charge is -2.29. The monoisotopic (exact) mass is 318 g/mol. The molecule has 0 unspecified atom stereocenters. The Kier molecular flexibility index (Phi) is 6.17. The second-order valence-corrected chi connectivity index (χ2v) is 6.60. The average molecular weight is 318 g/mol. The van der Waals surface area contributed by atoms with Crippen LogP contribution in [-0.4, -0.2) is 57.9 Å². The van der Waals surface area contributed by atoms with Gasteiger partial charge in [-0.3, -0.25) is 4.90 Å². The van der Waals surface area contributed by atoms with E-state index in [-0.39, 0.29) is 0 Å². The van der Waals surface area contributed by atoms with Gasteiger partial charge in [-0.05, 0) is 50.3 Å². The minimum Gasteiger partial charge on any atom is -0.496 e. The highest BCUT2D eigenvalue weighted by molar-refractivity contribution is 5.54. The maximum absolute atomic E-state index is 5.66. The van der Waals surface area contributed by atoms with Gasteiger partial charge in [-0.25, -0.2) is 0 Å². The van der Waals surface area contributed by atoms with Gasteiger partial charge in [0.15, 0.2) is 0 Å². The highest BCUT2D eigenvalue weighted by atomic mass is 16.5. The van der Waals surface area contributed by atoms with Gasteiger partial charge in [-0.15, -0.1) is 0 Å². The fourth-order valence-electron chi connectivity index (χ4n) is 3.61. The summed E-state index contributed by atoms with van der Waals surface area (Å²) in [5, 5.41) is 0. The summed E-state index contributed by atoms with van der Waals surface area (Å²) in [5.41, 5.74) is 2.65. The Morgan fingerprint density at radius 3 is 2.57 bits per heavy atom. The highest BCUT2D eigenvalue weighted by Gasteiger charge is 2.14. The van der Waals surface area contributed by atoms with Crippen molar-refractivity contribution in [3.05, 3.63) is 23.8 Å². The predicted molar refractivity (Wildman–Crippen MR) is 94.6 cm³/mol. The number of hydrogen-bond acceptors (Lipinski definition) is 4. The van der Waals surface area contributed by atoms with Crippen molar-refractivity contribution in [2.45, 2.75) is 32.1 Å². The fourth-order valence-corrected chi connectivity index (χ4v) is 3.61. The first-order valence-corrected chi connectivity index (χ1v) is 9.09. The molecule has 0 bridgehead atoms. The summed E-state index contributed by atoms with van der Waals surface area (Å²) in [6.07, 6.45) is 6.25. The molecule has 2 aliphatic rings. The number of aryl methyl sites for hydroxylation is 1. The zero-order chi connectivity index (χ0) is 15.9. The molecule has 2 heterocycles. The van der Waals surface area contributed by atoms with Crippen molar-refractivity contribution >= 4 is 5.69 Å². The van der Waals surface area contributed by atoms with E-state index in [0.717, 1.165) is 45.0 Å². The number of benzene rings is 1. The maximum atomic E-state index is 5.66. The predicted octanol–water partition coefficient (Wildman–Crippen LogP) is 2.95. The molecule has 0 amide bonds. The van der Waals surface area contributed by atoms with Crippen molar-refractivity contribution in [3.8, 4) is 5.75 Å². The first-order chi connectivity index (χ1) is 11.4. The summed E-state index contributed by atoms with van der Waals surface area (Å²) in [7, 11) is 1.79. The summed E-state index contributed by atoms with van der Waals surface area (Å²) in [5.74, 6) is 1.05. The van der Waals surface area contributed by atoms with Crippen LogP contribution in [0.25, 0.3) is 0 Å². The Labute approximate surface area is 140 Å². The lowest BCUT2D eigenvalue weighted by molar-refractivity contribution is 0.0374. The van der Waals surface area contributed by atoms with Crippen molar-refractivity contribution in [1.82, 2.24) is 4.90 Å². The third kappa shape index (κ3) is 4.61. The van der Waals surface area contributed by atoms with Crippen LogP contribution in [0.1, 0.15) is 31.2 Å². The largest absolute Gasteiger partial charge is 0.496 e. The Hall–Kier alpha value is -1.26. The van der Waals surface area contributed by atoms with Gasteiger partial charge in [-0.2, -0.15) is 0 Å². The highest BCUT2D eigenvalue weighted by Crippen LogP contribution is 2.28. The van der Waals surface area contributed by atoms with E-state index in [2.05, 4.69) is 28.0 Å². The molecule has 0 aliphatic carbocycles. The topological polar surface area (TPSA) is 24.9 Å². The van der Waals surface area contributed by atoms with Crippen molar-refractivity contribution in [3.63, 3.8) is 0 Å². The van der Waals surface area contributed by atoms with E-state index in [9.17, 15) is 0 Å². The quantitative estimate of drug-likeness (QED) is 0.805. The van der Waals surface area contributed by atoms with E-state index in [1.54, 1.807) is 7.11 Å². The second-order valence-electron chi connectivity index (χ2n) is 6.60. The number of nitrogens with zero attached hydrogens (tertiary/aromatic N) is 2. The molecule has 0 radical (unpaired) electrons. The summed E-state index contributed by atoms with van der Waals surface area (Å²) >= 11 is 0. The van der Waals surface area contributed by atoms with E-state index < -0.39 is 0 Å². The molecule has 23 heavy (non-hydrogen) atoms. The van der Waals surface area contributed by atoms with Crippen molar-refractivity contribution in [1.29, 1.82) is 0 Å². The van der Waals surface area contributed by atoms with Crippen LogP contribution in [0.5, 0.6) is 5.75 Å². The molecule has 4 heteroatoms. The molecular formula is C19H30N2O2. The smallest absolute Gasteiger partial charge is 0.124 e. The van der Waals surface area contributed by atoms with Gasteiger partial charge in [0.25, 0.3) is 0 Å². The minimum absolute atomic E-state index is 0.883. The zero-order valence-electron chi connectivity index (χ0n) is 14.4. The number of ether oxygens (including phenoxy) is 2. The third-order valence-electron chi connectivity index (χ3n) is 5.02. The fraction of sp³-hybridized carbons (Fsp3) is 0.684. The van der Waals surface area contributed by atoms with Crippen LogP contribution < -0.4 is 9.64 Å². The van der Waals surface area contributed by atoms with Gasteiger partial charge in [-0.1, -0.05) is 6.07 Å². The lowest BCUT2D eigenvalue weighted by atomic mass is 10.1. The molecule has 128 valence electrons. The van der Waals surface area contributed by atoms with Gasteiger partial charge in [0.2, 0.25) is 0 Å². The van der Waals surface area contributed by atoms with E-state index in [4.69, 9.17) is 9.47 Å². The van der Waals surface area contributed by atoms with Crippen molar-refractivity contribution in [2.24, 2.45) is 0 Å². The minimum atomic E-state index is 0.883. The van der Waals surface area contributed by atoms with Gasteiger partial charge < -0.3 is 14.4 Å². The van der Waals surface area contributed by atoms with E-state index >= 15 is 0 Å². The molecule has 0 N–H and O–H groups in total. The standard InChI is InChI=1S/C19H30N2O2/c1-22-19-16-18(21-10-3-2-4-11-21)8-7-17(19)6-5-9-20-12-14-23-15-13-20/h7-8,16H,2-6,9-15H2,1H3. The number of piperidine rings is 1. The SMILES string of the molecule is COc1cc(N2CCCCC2)ccc1CCCN1CCOCC1. The third-order valence-corrected chi connectivity index (χ3v) is 5.02. The van der Waals surface area contributed by atoms with E-state index in [1.165, 1.54) is 50.0 Å². The van der Waals surface area contributed by atoms with E-state index in [1.807, 2.05) is 0 Å². The molecule has 4 nitrogen and oxygen atoms in total. The van der Waals surface area contributed by atoms with Gasteiger partial charge in [0, 0.05) is 37.9 Å². The number of rotatable bonds is 6. The lowest BCUT2D eigenvalue weighted by Crippen LogP contribution is -2.36. The Morgan fingerprint density at radius 2 is 1.83 bits per heavy atom. The Bertz CT molecular complexity index is 480. The van der Waals surface area contributed by atoms with Gasteiger partial charge in [0.1, 0.15) is 5.75 Å². The second kappa shape index (κ2) is 8.55. The van der Waals surface area contributed by atoms with Crippen LogP contribution in [0, 0.1) is 0 Å². The normalized spacial score (nSPS) is 19.8. The number of anilines is 1.